The van der Waals surface area contributed by atoms with Crippen LogP contribution in [0.3, 0.4) is 0 Å². The molecule has 0 aromatic carbocycles. The van der Waals surface area contributed by atoms with Gasteiger partial charge in [-0.25, -0.2) is 0 Å². The summed E-state index contributed by atoms with van der Waals surface area (Å²) in [4.78, 5) is 8.77. The molecule has 0 aromatic heterocycles. The maximum atomic E-state index is 10.6. The second-order valence-electron chi connectivity index (χ2n) is 2.23. The molecule has 9 heavy (non-hydrogen) atoms. The van der Waals surface area contributed by atoms with Gasteiger partial charge < -0.3 is 10.2 Å². The molecule has 0 amide bonds. The second kappa shape index (κ2) is 4.04. The summed E-state index contributed by atoms with van der Waals surface area (Å²) in [7, 11) is -0.904. The Balaban J connectivity index is 3.18. The van der Waals surface area contributed by atoms with Crippen LogP contribution in [0.15, 0.2) is 0 Å². The van der Waals surface area contributed by atoms with Crippen molar-refractivity contribution in [2.45, 2.75) is 6.42 Å². The van der Waals surface area contributed by atoms with Crippen molar-refractivity contribution in [2.75, 3.05) is 26.4 Å². The van der Waals surface area contributed by atoms with Crippen LogP contribution in [0.1, 0.15) is 6.42 Å². The lowest BCUT2D eigenvalue weighted by Crippen LogP contribution is -2.08. The first-order valence-electron chi connectivity index (χ1n) is 3.00. The Morgan fingerprint density at radius 3 is 2.56 bits per heavy atom. The molecule has 0 aliphatic carbocycles. The summed E-state index contributed by atoms with van der Waals surface area (Å²) in [6.45, 7) is 2.21. The van der Waals surface area contributed by atoms with Crippen molar-refractivity contribution in [3.8, 4) is 0 Å². The summed E-state index contributed by atoms with van der Waals surface area (Å²) in [6, 6.07) is 0. The zero-order chi connectivity index (χ0) is 7.33. The van der Waals surface area contributed by atoms with Crippen LogP contribution in [0.2, 0.25) is 0 Å². The highest BCUT2D eigenvalue weighted by Gasteiger charge is 2.06. The van der Waals surface area contributed by atoms with E-state index >= 15 is 0 Å². The quantitative estimate of drug-likeness (QED) is 0.454. The molecule has 0 aromatic rings. The largest absolute Gasteiger partial charge is 0.344 e. The van der Waals surface area contributed by atoms with E-state index in [2.05, 4.69) is 5.32 Å². The van der Waals surface area contributed by atoms with Crippen LogP contribution in [0.5, 0.6) is 0 Å². The topological polar surface area (TPSA) is 49.3 Å². The van der Waals surface area contributed by atoms with Crippen molar-refractivity contribution in [1.29, 1.82) is 0 Å². The monoisotopic (exact) mass is 151 g/mol. The summed E-state index contributed by atoms with van der Waals surface area (Å²) < 4.78 is 10.6. The Morgan fingerprint density at radius 1 is 1.67 bits per heavy atom. The minimum absolute atomic E-state index is 0.424. The Bertz CT molecular complexity index is 110. The number of hydrogen-bond acceptors (Lipinski definition) is 2. The predicted octanol–water partition coefficient (Wildman–Crippen LogP) is 0.496. The fourth-order valence-electron chi connectivity index (χ4n) is 0.549. The SMILES string of the molecule is CNCCCP(C)(=O)O. The Hall–Kier alpha value is 0.150. The zero-order valence-electron chi connectivity index (χ0n) is 5.92. The van der Waals surface area contributed by atoms with Gasteiger partial charge in [0.2, 0.25) is 0 Å². The molecule has 0 radical (unpaired) electrons. The molecule has 0 rings (SSSR count). The van der Waals surface area contributed by atoms with E-state index in [0.717, 1.165) is 13.0 Å². The van der Waals surface area contributed by atoms with E-state index in [-0.39, 0.29) is 0 Å². The van der Waals surface area contributed by atoms with Gasteiger partial charge in [-0.3, -0.25) is 4.57 Å². The molecule has 0 bridgehead atoms. The van der Waals surface area contributed by atoms with E-state index in [0.29, 0.717) is 6.16 Å². The highest BCUT2D eigenvalue weighted by Crippen LogP contribution is 2.35. The summed E-state index contributed by atoms with van der Waals surface area (Å²) in [6.07, 6.45) is 1.20. The van der Waals surface area contributed by atoms with Gasteiger partial charge in [0.25, 0.3) is 0 Å². The minimum Gasteiger partial charge on any atom is -0.344 e. The Labute approximate surface area is 55.9 Å². The van der Waals surface area contributed by atoms with Crippen LogP contribution >= 0.6 is 7.37 Å². The lowest BCUT2D eigenvalue weighted by Gasteiger charge is -2.02. The van der Waals surface area contributed by atoms with Crippen LogP contribution in [-0.2, 0) is 4.57 Å². The number of rotatable bonds is 4. The van der Waals surface area contributed by atoms with Crippen molar-refractivity contribution in [3.05, 3.63) is 0 Å². The van der Waals surface area contributed by atoms with Crippen molar-refractivity contribution >= 4 is 7.37 Å². The summed E-state index contributed by atoms with van der Waals surface area (Å²) in [5, 5.41) is 2.91. The summed E-state index contributed by atoms with van der Waals surface area (Å²) in [5.74, 6) is 0. The average Bonchev–Trinajstić information content (AvgIpc) is 1.63. The van der Waals surface area contributed by atoms with E-state index in [9.17, 15) is 4.57 Å². The molecule has 0 fully saturated rings. The van der Waals surface area contributed by atoms with Gasteiger partial charge >= 0.3 is 0 Å². The third-order valence-corrected chi connectivity index (χ3v) is 2.15. The first kappa shape index (κ1) is 9.15. The number of nitrogens with one attached hydrogen (secondary N) is 1. The fourth-order valence-corrected chi connectivity index (χ4v) is 1.29. The van der Waals surface area contributed by atoms with Crippen molar-refractivity contribution in [1.82, 2.24) is 5.32 Å². The van der Waals surface area contributed by atoms with E-state index in [4.69, 9.17) is 4.89 Å². The maximum absolute atomic E-state index is 10.6. The van der Waals surface area contributed by atoms with Crippen molar-refractivity contribution < 1.29 is 9.46 Å². The van der Waals surface area contributed by atoms with Gasteiger partial charge in [0.05, 0.1) is 0 Å². The highest BCUT2D eigenvalue weighted by molar-refractivity contribution is 7.57. The maximum Gasteiger partial charge on any atom is 0.197 e. The number of hydrogen-bond donors (Lipinski definition) is 2. The summed E-state index contributed by atoms with van der Waals surface area (Å²) in [5.41, 5.74) is 0. The lowest BCUT2D eigenvalue weighted by atomic mass is 10.5. The highest BCUT2D eigenvalue weighted by atomic mass is 31.2. The molecular formula is C5H14NO2P. The van der Waals surface area contributed by atoms with E-state index < -0.39 is 7.37 Å². The molecule has 3 nitrogen and oxygen atoms in total. The minimum atomic E-state index is -2.74. The first-order chi connectivity index (χ1) is 4.06. The Kier molecular flexibility index (Phi) is 4.11. The van der Waals surface area contributed by atoms with E-state index in [1.54, 1.807) is 0 Å². The van der Waals surface area contributed by atoms with Gasteiger partial charge in [0, 0.05) is 12.8 Å². The molecule has 0 heterocycles. The van der Waals surface area contributed by atoms with E-state index in [1.165, 1.54) is 6.66 Å². The standard InChI is InChI=1S/C5H14NO2P/c1-6-4-3-5-9(2,7)8/h6H,3-5H2,1-2H3,(H,7,8). The van der Waals surface area contributed by atoms with Gasteiger partial charge in [-0.2, -0.15) is 0 Å². The molecule has 4 heteroatoms. The lowest BCUT2D eigenvalue weighted by molar-refractivity contribution is 0.482. The van der Waals surface area contributed by atoms with Gasteiger partial charge in [-0.1, -0.05) is 0 Å². The van der Waals surface area contributed by atoms with Crippen LogP contribution in [0, 0.1) is 0 Å². The van der Waals surface area contributed by atoms with Gasteiger partial charge in [0.1, 0.15) is 0 Å². The average molecular weight is 151 g/mol. The third kappa shape index (κ3) is 8.15. The molecular weight excluding hydrogens is 137 g/mol. The predicted molar refractivity (Wildman–Crippen MR) is 39.2 cm³/mol. The zero-order valence-corrected chi connectivity index (χ0v) is 6.82. The van der Waals surface area contributed by atoms with Crippen LogP contribution in [0.25, 0.3) is 0 Å². The van der Waals surface area contributed by atoms with Gasteiger partial charge in [-0.05, 0) is 20.0 Å². The van der Waals surface area contributed by atoms with Crippen molar-refractivity contribution in [3.63, 3.8) is 0 Å². The third-order valence-electron chi connectivity index (χ3n) is 1.000. The van der Waals surface area contributed by atoms with Crippen molar-refractivity contribution in [2.24, 2.45) is 0 Å². The van der Waals surface area contributed by atoms with Gasteiger partial charge in [0.15, 0.2) is 7.37 Å². The fraction of sp³-hybridized carbons (Fsp3) is 1.00. The summed E-state index contributed by atoms with van der Waals surface area (Å²) >= 11 is 0. The first-order valence-corrected chi connectivity index (χ1v) is 5.29. The van der Waals surface area contributed by atoms with Gasteiger partial charge in [-0.15, -0.1) is 0 Å². The van der Waals surface area contributed by atoms with Crippen LogP contribution in [0.4, 0.5) is 0 Å². The molecule has 0 aliphatic heterocycles. The Morgan fingerprint density at radius 2 is 2.22 bits per heavy atom. The van der Waals surface area contributed by atoms with E-state index in [1.807, 2.05) is 7.05 Å². The normalized spacial score (nSPS) is 17.2. The molecule has 0 aliphatic rings. The van der Waals surface area contributed by atoms with Crippen LogP contribution < -0.4 is 5.32 Å². The molecule has 0 saturated carbocycles. The molecule has 2 N–H and O–H groups in total. The molecule has 0 spiro atoms. The van der Waals surface area contributed by atoms with Crippen LogP contribution in [-0.4, -0.2) is 31.3 Å². The molecule has 0 saturated heterocycles. The molecule has 1 unspecified atom stereocenters. The molecule has 56 valence electrons. The second-order valence-corrected chi connectivity index (χ2v) is 4.78. The molecule has 1 atom stereocenters. The smallest absolute Gasteiger partial charge is 0.197 e.